The third-order valence-corrected chi connectivity index (χ3v) is 6.07. The van der Waals surface area contributed by atoms with Gasteiger partial charge in [0.05, 0.1) is 16.5 Å². The van der Waals surface area contributed by atoms with Gasteiger partial charge in [0, 0.05) is 17.3 Å². The maximum atomic E-state index is 12.7. The minimum Gasteiger partial charge on any atom is -0.457 e. The zero-order valence-electron chi connectivity index (χ0n) is 17.9. The van der Waals surface area contributed by atoms with E-state index >= 15 is 0 Å². The number of nitrogens with one attached hydrogen (secondary N) is 1. The highest BCUT2D eigenvalue weighted by atomic mass is 32.2. The number of nitriles is 1. The van der Waals surface area contributed by atoms with Gasteiger partial charge in [-0.2, -0.15) is 5.26 Å². The molecule has 0 unspecified atom stereocenters. The molecule has 1 aliphatic heterocycles. The van der Waals surface area contributed by atoms with Crippen LogP contribution in [-0.4, -0.2) is 28.5 Å². The second-order valence-corrected chi connectivity index (χ2v) is 8.50. The van der Waals surface area contributed by atoms with Crippen LogP contribution in [0.15, 0.2) is 63.9 Å². The molecule has 164 valence electrons. The minimum absolute atomic E-state index is 0.180. The summed E-state index contributed by atoms with van der Waals surface area (Å²) in [6.07, 6.45) is 1.49. The molecule has 0 spiro atoms. The first-order valence-electron chi connectivity index (χ1n) is 10.1. The number of carbonyl (C=O) groups is 3. The SMILES string of the molecule is Cc1ccc(NC(=O)CN2C(=O)SC(=Cc3ccc(-c4ccc(C#N)cc4)o3)C2=O)cc1C. The summed E-state index contributed by atoms with van der Waals surface area (Å²) >= 11 is 0.762. The van der Waals surface area contributed by atoms with Crippen molar-refractivity contribution in [3.05, 3.63) is 82.0 Å². The average molecular weight is 458 g/mol. The predicted octanol–water partition coefficient (Wildman–Crippen LogP) is 5.11. The molecular weight excluding hydrogens is 438 g/mol. The quantitative estimate of drug-likeness (QED) is 0.534. The van der Waals surface area contributed by atoms with Gasteiger partial charge in [-0.05, 0) is 85.3 Å². The molecule has 3 aromatic rings. The standard InChI is InChI=1S/C25H19N3O4S/c1-15-3-8-19(11-16(15)2)27-23(29)14-28-24(30)22(33-25(28)31)12-20-9-10-21(32-20)18-6-4-17(13-26)5-7-18/h3-12H,14H2,1-2H3,(H,27,29). The Morgan fingerprint density at radius 2 is 1.85 bits per heavy atom. The molecule has 1 N–H and O–H groups in total. The van der Waals surface area contributed by atoms with Crippen molar-refractivity contribution >= 4 is 40.6 Å². The molecule has 1 fully saturated rings. The summed E-state index contributed by atoms with van der Waals surface area (Å²) in [5.74, 6) is -0.0309. The third kappa shape index (κ3) is 4.89. The fraction of sp³-hybridized carbons (Fsp3) is 0.120. The molecule has 1 saturated heterocycles. The molecule has 0 saturated carbocycles. The number of nitrogens with zero attached hydrogens (tertiary/aromatic N) is 2. The summed E-state index contributed by atoms with van der Waals surface area (Å²) in [5, 5.41) is 11.1. The fourth-order valence-corrected chi connectivity index (χ4v) is 4.04. The summed E-state index contributed by atoms with van der Waals surface area (Å²) in [6.45, 7) is 3.54. The van der Waals surface area contributed by atoms with E-state index in [1.54, 1.807) is 42.5 Å². The van der Waals surface area contributed by atoms with E-state index in [-0.39, 0.29) is 11.4 Å². The molecule has 0 bridgehead atoms. The van der Waals surface area contributed by atoms with Gasteiger partial charge in [0.1, 0.15) is 18.1 Å². The largest absolute Gasteiger partial charge is 0.457 e. The van der Waals surface area contributed by atoms with Crippen molar-refractivity contribution in [3.8, 4) is 17.4 Å². The Balaban J connectivity index is 1.44. The molecule has 2 aromatic carbocycles. The number of aryl methyl sites for hydroxylation is 2. The smallest absolute Gasteiger partial charge is 0.294 e. The highest BCUT2D eigenvalue weighted by Crippen LogP contribution is 2.33. The van der Waals surface area contributed by atoms with Crippen LogP contribution in [0, 0.1) is 25.2 Å². The number of hydrogen-bond acceptors (Lipinski definition) is 6. The van der Waals surface area contributed by atoms with Gasteiger partial charge in [0.15, 0.2) is 0 Å². The maximum Gasteiger partial charge on any atom is 0.294 e. The first-order chi connectivity index (χ1) is 15.8. The number of furan rings is 1. The first-order valence-corrected chi connectivity index (χ1v) is 10.9. The molecule has 2 heterocycles. The number of carbonyl (C=O) groups excluding carboxylic acids is 3. The molecule has 0 aliphatic carbocycles. The van der Waals surface area contributed by atoms with E-state index < -0.39 is 17.1 Å². The van der Waals surface area contributed by atoms with Crippen LogP contribution >= 0.6 is 11.8 Å². The van der Waals surface area contributed by atoms with Crippen molar-refractivity contribution in [2.45, 2.75) is 13.8 Å². The van der Waals surface area contributed by atoms with E-state index in [0.29, 0.717) is 22.8 Å². The number of anilines is 1. The molecule has 0 radical (unpaired) electrons. The molecule has 33 heavy (non-hydrogen) atoms. The summed E-state index contributed by atoms with van der Waals surface area (Å²) in [6, 6.07) is 17.9. The number of rotatable bonds is 5. The zero-order valence-corrected chi connectivity index (χ0v) is 18.7. The van der Waals surface area contributed by atoms with Crippen molar-refractivity contribution in [2.24, 2.45) is 0 Å². The van der Waals surface area contributed by atoms with Gasteiger partial charge < -0.3 is 9.73 Å². The Bertz CT molecular complexity index is 1330. The Hall–Kier alpha value is -4.09. The van der Waals surface area contributed by atoms with Crippen molar-refractivity contribution in [1.29, 1.82) is 5.26 Å². The van der Waals surface area contributed by atoms with Gasteiger partial charge in [-0.1, -0.05) is 6.07 Å². The molecule has 7 nitrogen and oxygen atoms in total. The maximum absolute atomic E-state index is 12.7. The second-order valence-electron chi connectivity index (χ2n) is 7.51. The van der Waals surface area contributed by atoms with Crippen molar-refractivity contribution in [2.75, 3.05) is 11.9 Å². The van der Waals surface area contributed by atoms with Crippen molar-refractivity contribution < 1.29 is 18.8 Å². The Morgan fingerprint density at radius 3 is 2.55 bits per heavy atom. The topological polar surface area (TPSA) is 103 Å². The summed E-state index contributed by atoms with van der Waals surface area (Å²) in [5.41, 5.74) is 4.06. The van der Waals surface area contributed by atoms with Gasteiger partial charge in [0.25, 0.3) is 11.1 Å². The lowest BCUT2D eigenvalue weighted by atomic mass is 10.1. The average Bonchev–Trinajstić information content (AvgIpc) is 3.37. The van der Waals surface area contributed by atoms with E-state index in [4.69, 9.17) is 9.68 Å². The van der Waals surface area contributed by atoms with E-state index in [1.807, 2.05) is 26.0 Å². The van der Waals surface area contributed by atoms with Crippen LogP contribution in [0.25, 0.3) is 17.4 Å². The normalized spacial score (nSPS) is 14.6. The number of benzene rings is 2. The van der Waals surface area contributed by atoms with E-state index in [0.717, 1.165) is 33.4 Å². The molecule has 8 heteroatoms. The van der Waals surface area contributed by atoms with Crippen molar-refractivity contribution in [1.82, 2.24) is 4.90 Å². The van der Waals surface area contributed by atoms with Gasteiger partial charge in [-0.25, -0.2) is 0 Å². The molecule has 1 aliphatic rings. The zero-order chi connectivity index (χ0) is 23.5. The van der Waals surface area contributed by atoms with Crippen molar-refractivity contribution in [3.63, 3.8) is 0 Å². The predicted molar refractivity (Wildman–Crippen MR) is 126 cm³/mol. The molecular formula is C25H19N3O4S. The van der Waals surface area contributed by atoms with Gasteiger partial charge in [-0.3, -0.25) is 19.3 Å². The summed E-state index contributed by atoms with van der Waals surface area (Å²) in [7, 11) is 0. The van der Waals surface area contributed by atoms with Crippen LogP contribution in [0.2, 0.25) is 0 Å². The van der Waals surface area contributed by atoms with Crippen LogP contribution < -0.4 is 5.32 Å². The summed E-state index contributed by atoms with van der Waals surface area (Å²) in [4.78, 5) is 38.6. The fourth-order valence-electron chi connectivity index (χ4n) is 3.22. The lowest BCUT2D eigenvalue weighted by Crippen LogP contribution is -2.36. The van der Waals surface area contributed by atoms with Gasteiger partial charge in [0.2, 0.25) is 5.91 Å². The highest BCUT2D eigenvalue weighted by Gasteiger charge is 2.36. The van der Waals surface area contributed by atoms with Crippen LogP contribution in [0.3, 0.4) is 0 Å². The van der Waals surface area contributed by atoms with E-state index in [1.165, 1.54) is 6.08 Å². The summed E-state index contributed by atoms with van der Waals surface area (Å²) < 4.78 is 5.77. The molecule has 0 atom stereocenters. The van der Waals surface area contributed by atoms with E-state index in [9.17, 15) is 14.4 Å². The lowest BCUT2D eigenvalue weighted by molar-refractivity contribution is -0.127. The van der Waals surface area contributed by atoms with Crippen LogP contribution in [0.1, 0.15) is 22.5 Å². The van der Waals surface area contributed by atoms with Crippen LogP contribution in [-0.2, 0) is 9.59 Å². The lowest BCUT2D eigenvalue weighted by Gasteiger charge is -2.13. The van der Waals surface area contributed by atoms with Crippen LogP contribution in [0.4, 0.5) is 10.5 Å². The van der Waals surface area contributed by atoms with E-state index in [2.05, 4.69) is 11.4 Å². The third-order valence-electron chi connectivity index (χ3n) is 5.16. The Kier molecular flexibility index (Phi) is 6.16. The molecule has 3 amide bonds. The van der Waals surface area contributed by atoms with Crippen LogP contribution in [0.5, 0.6) is 0 Å². The number of amides is 3. The number of imide groups is 1. The minimum atomic E-state index is -0.545. The Morgan fingerprint density at radius 1 is 1.09 bits per heavy atom. The first kappa shape index (κ1) is 22.1. The molecule has 1 aromatic heterocycles. The number of hydrogen-bond donors (Lipinski definition) is 1. The monoisotopic (exact) mass is 457 g/mol. The molecule has 4 rings (SSSR count). The van der Waals surface area contributed by atoms with Gasteiger partial charge >= 0.3 is 0 Å². The van der Waals surface area contributed by atoms with Gasteiger partial charge in [-0.15, -0.1) is 0 Å². The number of thioether (sulfide) groups is 1. The highest BCUT2D eigenvalue weighted by molar-refractivity contribution is 8.18. The Labute approximate surface area is 194 Å². The second kappa shape index (κ2) is 9.18.